The standard InChI is InChI=1S/C17H34N2/c1-6-19-9-7-8-15(19)12-18-14-10-16(2,3)13-17(4,5)11-14/h14-15,18H,6-13H2,1-5H3. The third-order valence-corrected chi connectivity index (χ3v) is 5.10. The van der Waals surface area contributed by atoms with Crippen molar-refractivity contribution in [3.8, 4) is 0 Å². The Labute approximate surface area is 120 Å². The number of likely N-dealkylation sites (N-methyl/N-ethyl adjacent to an activating group) is 1. The molecule has 0 amide bonds. The second-order valence-electron chi connectivity index (χ2n) is 8.44. The van der Waals surface area contributed by atoms with Gasteiger partial charge in [0.1, 0.15) is 0 Å². The zero-order chi connectivity index (χ0) is 14.1. The lowest BCUT2D eigenvalue weighted by molar-refractivity contribution is 0.0819. The molecule has 0 aromatic rings. The van der Waals surface area contributed by atoms with Crippen LogP contribution in [0.2, 0.25) is 0 Å². The van der Waals surface area contributed by atoms with E-state index in [1.165, 1.54) is 51.7 Å². The molecule has 1 saturated heterocycles. The summed E-state index contributed by atoms with van der Waals surface area (Å²) in [6, 6.07) is 1.51. The maximum atomic E-state index is 3.90. The average molecular weight is 266 g/mol. The van der Waals surface area contributed by atoms with Crippen molar-refractivity contribution in [2.24, 2.45) is 10.8 Å². The average Bonchev–Trinajstić information content (AvgIpc) is 2.69. The summed E-state index contributed by atoms with van der Waals surface area (Å²) in [5.41, 5.74) is 0.999. The Morgan fingerprint density at radius 1 is 1.11 bits per heavy atom. The number of nitrogens with zero attached hydrogens (tertiary/aromatic N) is 1. The summed E-state index contributed by atoms with van der Waals surface area (Å²) in [6.07, 6.45) is 6.83. The topological polar surface area (TPSA) is 15.3 Å². The molecule has 112 valence electrons. The lowest BCUT2D eigenvalue weighted by Gasteiger charge is -2.45. The molecule has 19 heavy (non-hydrogen) atoms. The lowest BCUT2D eigenvalue weighted by atomic mass is 9.63. The van der Waals surface area contributed by atoms with E-state index in [2.05, 4.69) is 44.8 Å². The molecular formula is C17H34N2. The van der Waals surface area contributed by atoms with Gasteiger partial charge >= 0.3 is 0 Å². The van der Waals surface area contributed by atoms with Crippen LogP contribution >= 0.6 is 0 Å². The second-order valence-corrected chi connectivity index (χ2v) is 8.44. The van der Waals surface area contributed by atoms with Crippen molar-refractivity contribution < 1.29 is 0 Å². The summed E-state index contributed by atoms with van der Waals surface area (Å²) < 4.78 is 0. The second kappa shape index (κ2) is 5.73. The van der Waals surface area contributed by atoms with Gasteiger partial charge in [0.25, 0.3) is 0 Å². The summed E-state index contributed by atoms with van der Waals surface area (Å²) in [6.45, 7) is 15.8. The van der Waals surface area contributed by atoms with Crippen molar-refractivity contribution in [1.82, 2.24) is 10.2 Å². The zero-order valence-electron chi connectivity index (χ0n) is 13.8. The molecule has 1 saturated carbocycles. The number of nitrogens with one attached hydrogen (secondary N) is 1. The van der Waals surface area contributed by atoms with Crippen LogP contribution in [-0.4, -0.2) is 36.6 Å². The van der Waals surface area contributed by atoms with Crippen LogP contribution in [0.15, 0.2) is 0 Å². The molecule has 2 fully saturated rings. The predicted octanol–water partition coefficient (Wildman–Crippen LogP) is 3.67. The maximum Gasteiger partial charge on any atom is 0.0221 e. The summed E-state index contributed by atoms with van der Waals surface area (Å²) >= 11 is 0. The molecule has 1 atom stereocenters. The molecule has 0 aromatic heterocycles. The fourth-order valence-corrected chi connectivity index (χ4v) is 4.84. The third kappa shape index (κ3) is 4.19. The van der Waals surface area contributed by atoms with Gasteiger partial charge in [-0.15, -0.1) is 0 Å². The van der Waals surface area contributed by atoms with E-state index in [9.17, 15) is 0 Å². The number of hydrogen-bond acceptors (Lipinski definition) is 2. The van der Waals surface area contributed by atoms with E-state index in [1.54, 1.807) is 0 Å². The summed E-state index contributed by atoms with van der Waals surface area (Å²) in [5, 5.41) is 3.90. The van der Waals surface area contributed by atoms with Gasteiger partial charge in [-0.05, 0) is 56.0 Å². The van der Waals surface area contributed by atoms with E-state index in [1.807, 2.05) is 0 Å². The molecule has 0 aromatic carbocycles. The van der Waals surface area contributed by atoms with Crippen LogP contribution in [0.5, 0.6) is 0 Å². The summed E-state index contributed by atoms with van der Waals surface area (Å²) in [5.74, 6) is 0. The van der Waals surface area contributed by atoms with Crippen molar-refractivity contribution in [1.29, 1.82) is 0 Å². The molecule has 2 nitrogen and oxygen atoms in total. The maximum absolute atomic E-state index is 3.90. The first-order valence-corrected chi connectivity index (χ1v) is 8.29. The van der Waals surface area contributed by atoms with E-state index in [4.69, 9.17) is 0 Å². The predicted molar refractivity (Wildman–Crippen MR) is 83.5 cm³/mol. The van der Waals surface area contributed by atoms with Gasteiger partial charge in [0.15, 0.2) is 0 Å². The molecular weight excluding hydrogens is 232 g/mol. The highest BCUT2D eigenvalue weighted by Crippen LogP contribution is 2.45. The Hall–Kier alpha value is -0.0800. The molecule has 1 N–H and O–H groups in total. The fraction of sp³-hybridized carbons (Fsp3) is 1.00. The van der Waals surface area contributed by atoms with Gasteiger partial charge in [-0.1, -0.05) is 34.6 Å². The molecule has 2 heteroatoms. The van der Waals surface area contributed by atoms with Gasteiger partial charge in [-0.2, -0.15) is 0 Å². The molecule has 1 aliphatic heterocycles. The van der Waals surface area contributed by atoms with Crippen molar-refractivity contribution in [3.05, 3.63) is 0 Å². The molecule has 0 spiro atoms. The SMILES string of the molecule is CCN1CCCC1CNC1CC(C)(C)CC(C)(C)C1. The molecule has 1 heterocycles. The van der Waals surface area contributed by atoms with Crippen LogP contribution in [0, 0.1) is 10.8 Å². The van der Waals surface area contributed by atoms with Gasteiger partial charge in [0.05, 0.1) is 0 Å². The van der Waals surface area contributed by atoms with Crippen LogP contribution in [0.25, 0.3) is 0 Å². The van der Waals surface area contributed by atoms with E-state index < -0.39 is 0 Å². The first kappa shape index (κ1) is 15.3. The number of hydrogen-bond donors (Lipinski definition) is 1. The minimum absolute atomic E-state index is 0.500. The molecule has 2 aliphatic rings. The summed E-state index contributed by atoms with van der Waals surface area (Å²) in [7, 11) is 0. The normalized spacial score (nSPS) is 31.7. The zero-order valence-corrected chi connectivity index (χ0v) is 13.8. The minimum Gasteiger partial charge on any atom is -0.312 e. The minimum atomic E-state index is 0.500. The van der Waals surface area contributed by atoms with Crippen LogP contribution in [0.3, 0.4) is 0 Å². The highest BCUT2D eigenvalue weighted by atomic mass is 15.2. The van der Waals surface area contributed by atoms with Gasteiger partial charge in [0.2, 0.25) is 0 Å². The van der Waals surface area contributed by atoms with Crippen molar-refractivity contribution in [3.63, 3.8) is 0 Å². The Balaban J connectivity index is 1.85. The molecule has 1 aliphatic carbocycles. The Kier molecular flexibility index (Phi) is 4.62. The van der Waals surface area contributed by atoms with Gasteiger partial charge in [0, 0.05) is 18.6 Å². The number of likely N-dealkylation sites (tertiary alicyclic amines) is 1. The van der Waals surface area contributed by atoms with Crippen molar-refractivity contribution >= 4 is 0 Å². The fourth-order valence-electron chi connectivity index (χ4n) is 4.84. The highest BCUT2D eigenvalue weighted by molar-refractivity contribution is 4.93. The van der Waals surface area contributed by atoms with E-state index >= 15 is 0 Å². The Morgan fingerprint density at radius 2 is 1.74 bits per heavy atom. The van der Waals surface area contributed by atoms with Crippen LogP contribution in [0.4, 0.5) is 0 Å². The largest absolute Gasteiger partial charge is 0.312 e. The quantitative estimate of drug-likeness (QED) is 0.835. The monoisotopic (exact) mass is 266 g/mol. The molecule has 1 unspecified atom stereocenters. The van der Waals surface area contributed by atoms with Crippen LogP contribution in [0.1, 0.15) is 66.7 Å². The molecule has 0 radical (unpaired) electrons. The van der Waals surface area contributed by atoms with Crippen molar-refractivity contribution in [2.45, 2.75) is 78.8 Å². The Morgan fingerprint density at radius 3 is 2.32 bits per heavy atom. The van der Waals surface area contributed by atoms with Gasteiger partial charge in [-0.25, -0.2) is 0 Å². The first-order valence-electron chi connectivity index (χ1n) is 8.29. The Bertz CT molecular complexity index is 280. The third-order valence-electron chi connectivity index (χ3n) is 5.10. The number of rotatable bonds is 4. The first-order chi connectivity index (χ1) is 8.81. The van der Waals surface area contributed by atoms with E-state index in [-0.39, 0.29) is 0 Å². The smallest absolute Gasteiger partial charge is 0.0221 e. The van der Waals surface area contributed by atoms with Gasteiger partial charge in [-0.3, -0.25) is 4.90 Å². The molecule has 2 rings (SSSR count). The van der Waals surface area contributed by atoms with Crippen molar-refractivity contribution in [2.75, 3.05) is 19.6 Å². The van der Waals surface area contributed by atoms with Gasteiger partial charge < -0.3 is 5.32 Å². The molecule has 0 bridgehead atoms. The van der Waals surface area contributed by atoms with Crippen LogP contribution in [-0.2, 0) is 0 Å². The van der Waals surface area contributed by atoms with E-state index in [0.717, 1.165) is 12.1 Å². The van der Waals surface area contributed by atoms with E-state index in [0.29, 0.717) is 10.8 Å². The summed E-state index contributed by atoms with van der Waals surface area (Å²) in [4.78, 5) is 2.64. The highest BCUT2D eigenvalue weighted by Gasteiger charge is 2.38. The lowest BCUT2D eigenvalue weighted by Crippen LogP contribution is -2.47. The van der Waals surface area contributed by atoms with Crippen LogP contribution < -0.4 is 5.32 Å².